The summed E-state index contributed by atoms with van der Waals surface area (Å²) in [4.78, 5) is 72.6. The predicted octanol–water partition coefficient (Wildman–Crippen LogP) is 6.60. The van der Waals surface area contributed by atoms with Crippen molar-refractivity contribution in [2.45, 2.75) is 186 Å². The van der Waals surface area contributed by atoms with Crippen molar-refractivity contribution >= 4 is 29.2 Å². The van der Waals surface area contributed by atoms with Gasteiger partial charge in [-0.1, -0.05) is 71.1 Å². The maximum absolute atomic E-state index is 14.6. The van der Waals surface area contributed by atoms with Crippen LogP contribution in [0.5, 0.6) is 0 Å². The number of ether oxygens (including phenoxy) is 7. The van der Waals surface area contributed by atoms with Crippen LogP contribution in [0.15, 0.2) is 47.6 Å². The highest BCUT2D eigenvalue weighted by Gasteiger charge is 2.53. The number of ketones is 3. The molecule has 1 aliphatic carbocycles. The van der Waals surface area contributed by atoms with Gasteiger partial charge in [0, 0.05) is 71.7 Å². The number of amides is 1. The number of aliphatic hydroxyl groups excluding tert-OH is 2. The van der Waals surface area contributed by atoms with Crippen molar-refractivity contribution in [1.82, 2.24) is 4.90 Å². The molecule has 15 atom stereocenters. The number of nitrogens with zero attached hydrogens (tertiary/aromatic N) is 1. The Balaban J connectivity index is 1.70. The smallest absolute Gasteiger partial charge is 0.329 e. The molecule has 3 N–H and O–H groups in total. The summed E-state index contributed by atoms with van der Waals surface area (Å²) < 4.78 is 41.5. The van der Waals surface area contributed by atoms with E-state index in [0.29, 0.717) is 63.7 Å². The molecule has 2 bridgehead atoms. The lowest BCUT2D eigenvalue weighted by Crippen LogP contribution is -2.61. The molecule has 4 aliphatic rings. The summed E-state index contributed by atoms with van der Waals surface area (Å²) in [6.07, 6.45) is 12.5. The van der Waals surface area contributed by atoms with Gasteiger partial charge in [-0.15, -0.1) is 0 Å². The van der Waals surface area contributed by atoms with Crippen LogP contribution in [0.3, 0.4) is 0 Å². The van der Waals surface area contributed by atoms with Gasteiger partial charge >= 0.3 is 5.97 Å². The molecule has 1 amide bonds. The molecule has 16 heteroatoms. The SMILES string of the molecule is COCCCO[C@@H]1CC[C@@H](C[C@@H](C)[C@@H]2CC(=O)[C@H](C)/C=C(\C)[C@@H](O)[C@@H](OC)C(=O)[C@H](C)C[C@H](C)/C=C/C=C/C=C(\C)C(OCCO)C[C@@H]3CC[C@@H](C)[C@@](O)(O3)C(=O)C(=O)N3CCCC[C@H]3C(=O)O2)C[C@H]1OC. The van der Waals surface area contributed by atoms with E-state index in [4.69, 9.17) is 33.2 Å². The van der Waals surface area contributed by atoms with Gasteiger partial charge in [0.05, 0.1) is 37.6 Å². The Hall–Kier alpha value is -3.45. The maximum Gasteiger partial charge on any atom is 0.329 e. The van der Waals surface area contributed by atoms with E-state index in [-0.39, 0.29) is 80.5 Å². The van der Waals surface area contributed by atoms with Gasteiger partial charge in [0.1, 0.15) is 30.1 Å². The summed E-state index contributed by atoms with van der Waals surface area (Å²) in [6, 6.07) is -1.16. The van der Waals surface area contributed by atoms with E-state index in [0.717, 1.165) is 24.8 Å². The van der Waals surface area contributed by atoms with Crippen LogP contribution in [0.2, 0.25) is 0 Å². The Morgan fingerprint density at radius 1 is 0.833 bits per heavy atom. The van der Waals surface area contributed by atoms with Crippen molar-refractivity contribution in [1.29, 1.82) is 0 Å². The Labute approximate surface area is 429 Å². The average molecular weight is 1020 g/mol. The number of hydrogen-bond acceptors (Lipinski definition) is 15. The monoisotopic (exact) mass is 1020 g/mol. The highest BCUT2D eigenvalue weighted by Crippen LogP contribution is 2.38. The predicted molar refractivity (Wildman–Crippen MR) is 271 cm³/mol. The van der Waals surface area contributed by atoms with Gasteiger partial charge in [-0.05, 0) is 113 Å². The summed E-state index contributed by atoms with van der Waals surface area (Å²) in [5.74, 6) is -8.10. The molecule has 3 heterocycles. The largest absolute Gasteiger partial charge is 0.460 e. The molecule has 0 radical (unpaired) electrons. The lowest BCUT2D eigenvalue weighted by atomic mass is 9.78. The number of cyclic esters (lactones) is 1. The first-order valence-corrected chi connectivity index (χ1v) is 26.6. The third kappa shape index (κ3) is 17.3. The molecule has 408 valence electrons. The van der Waals surface area contributed by atoms with E-state index in [1.165, 1.54) is 12.0 Å². The zero-order valence-electron chi connectivity index (χ0n) is 45.0. The van der Waals surface area contributed by atoms with Crippen LogP contribution in [0, 0.1) is 35.5 Å². The minimum absolute atomic E-state index is 0.00894. The molecule has 0 aromatic rings. The van der Waals surface area contributed by atoms with E-state index in [2.05, 4.69) is 0 Å². The van der Waals surface area contributed by atoms with Gasteiger partial charge in [0.2, 0.25) is 5.79 Å². The number of fused-ring (bicyclic) bond motifs is 3. The van der Waals surface area contributed by atoms with Gasteiger partial charge in [-0.3, -0.25) is 19.2 Å². The second kappa shape index (κ2) is 30.2. The zero-order chi connectivity index (χ0) is 53.1. The van der Waals surface area contributed by atoms with E-state index in [1.54, 1.807) is 41.1 Å². The lowest BCUT2D eigenvalue weighted by molar-refractivity contribution is -0.266. The first kappa shape index (κ1) is 61.1. The van der Waals surface area contributed by atoms with Crippen LogP contribution >= 0.6 is 0 Å². The lowest BCUT2D eigenvalue weighted by Gasteiger charge is -2.43. The second-order valence-corrected chi connectivity index (χ2v) is 21.1. The van der Waals surface area contributed by atoms with Gasteiger partial charge in [0.25, 0.3) is 11.7 Å². The maximum atomic E-state index is 14.6. The highest BCUT2D eigenvalue weighted by atomic mass is 16.6. The minimum Gasteiger partial charge on any atom is -0.460 e. The van der Waals surface area contributed by atoms with Gasteiger partial charge in [0.15, 0.2) is 5.78 Å². The van der Waals surface area contributed by atoms with Crippen LogP contribution in [0.1, 0.15) is 132 Å². The fourth-order valence-electron chi connectivity index (χ4n) is 10.8. The molecule has 3 aliphatic heterocycles. The van der Waals surface area contributed by atoms with E-state index in [9.17, 15) is 39.3 Å². The Kier molecular flexibility index (Phi) is 25.6. The summed E-state index contributed by atoms with van der Waals surface area (Å²) >= 11 is 0. The summed E-state index contributed by atoms with van der Waals surface area (Å²) in [6.45, 7) is 13.7. The molecule has 16 nitrogen and oxygen atoms in total. The molecular weight excluding hydrogens is 927 g/mol. The van der Waals surface area contributed by atoms with E-state index < -0.39 is 77.8 Å². The number of hydrogen-bond donors (Lipinski definition) is 3. The first-order chi connectivity index (χ1) is 34.3. The van der Waals surface area contributed by atoms with Crippen LogP contribution in [-0.4, -0.2) is 158 Å². The minimum atomic E-state index is -2.48. The number of piperidine rings is 1. The van der Waals surface area contributed by atoms with Gasteiger partial charge < -0.3 is 53.4 Å². The quantitative estimate of drug-likeness (QED) is 0.0767. The first-order valence-electron chi connectivity index (χ1n) is 26.6. The Morgan fingerprint density at radius 2 is 1.58 bits per heavy atom. The number of allylic oxidation sites excluding steroid dienone is 6. The number of methoxy groups -OCH3 is 3. The summed E-state index contributed by atoms with van der Waals surface area (Å²) in [5, 5.41) is 33.2. The number of aliphatic hydroxyl groups is 3. The molecule has 4 rings (SSSR count). The van der Waals surface area contributed by atoms with Gasteiger partial charge in [-0.25, -0.2) is 4.79 Å². The number of Topliss-reactive ketones (excluding diaryl/α,β-unsaturated/α-hetero) is 3. The third-order valence-corrected chi connectivity index (χ3v) is 15.4. The van der Waals surface area contributed by atoms with Crippen molar-refractivity contribution in [3.8, 4) is 0 Å². The third-order valence-electron chi connectivity index (χ3n) is 15.4. The standard InChI is InChI=1S/C56H89NO15/c1-35-17-12-11-13-18-36(2)47(70-28-25-58)33-43-22-20-41(7)56(65,72-43)53(62)54(63)57-24-15-14-19-44(57)55(64)71-48(38(4)31-42-21-23-46(49(32-42)67-9)69-27-16-26-66-8)34-45(59)37(3)30-40(6)51(61)52(68-10)50(60)39(5)29-35/h11-13,17-18,30,35,37-39,41-44,46-49,51-52,58,61,65H,14-16,19-29,31-34H2,1-10H3/b13-11+,17-12+,36-18+,40-30+/t35-,37-,38-,39-,41-,42+,43+,44+,46-,47?,48+,49-,51-,52+,56-/m1/s1. The summed E-state index contributed by atoms with van der Waals surface area (Å²) in [7, 11) is 4.71. The average Bonchev–Trinajstić information content (AvgIpc) is 3.36. The topological polar surface area (TPSA) is 214 Å². The summed E-state index contributed by atoms with van der Waals surface area (Å²) in [5.41, 5.74) is 1.19. The van der Waals surface area contributed by atoms with E-state index >= 15 is 0 Å². The van der Waals surface area contributed by atoms with Crippen molar-refractivity contribution in [3.63, 3.8) is 0 Å². The van der Waals surface area contributed by atoms with Crippen molar-refractivity contribution in [2.75, 3.05) is 54.3 Å². The second-order valence-electron chi connectivity index (χ2n) is 21.1. The molecule has 3 fully saturated rings. The normalized spacial score (nSPS) is 37.7. The van der Waals surface area contributed by atoms with E-state index in [1.807, 2.05) is 58.1 Å². The van der Waals surface area contributed by atoms with Crippen molar-refractivity contribution < 1.29 is 72.5 Å². The zero-order valence-corrected chi connectivity index (χ0v) is 45.0. The number of carbonyl (C=O) groups is 5. The molecular formula is C56H89NO15. The molecule has 1 unspecified atom stereocenters. The van der Waals surface area contributed by atoms with Crippen molar-refractivity contribution in [3.05, 3.63) is 47.6 Å². The highest BCUT2D eigenvalue weighted by molar-refractivity contribution is 6.39. The Bertz CT molecular complexity index is 1880. The Morgan fingerprint density at radius 3 is 2.28 bits per heavy atom. The molecule has 0 aromatic heterocycles. The number of esters is 1. The van der Waals surface area contributed by atoms with Crippen LogP contribution in [0.25, 0.3) is 0 Å². The molecule has 72 heavy (non-hydrogen) atoms. The molecule has 0 aromatic carbocycles. The van der Waals surface area contributed by atoms with Crippen molar-refractivity contribution in [2.24, 2.45) is 35.5 Å². The van der Waals surface area contributed by atoms with Crippen LogP contribution in [-0.2, 0) is 57.1 Å². The number of rotatable bonds is 13. The molecule has 1 saturated carbocycles. The van der Waals surface area contributed by atoms with Crippen LogP contribution < -0.4 is 0 Å². The molecule has 0 spiro atoms. The fraction of sp³-hybridized carbons (Fsp3) is 0.768. The fourth-order valence-corrected chi connectivity index (χ4v) is 10.8. The van der Waals surface area contributed by atoms with Gasteiger partial charge in [-0.2, -0.15) is 0 Å². The number of carbonyl (C=O) groups excluding carboxylic acids is 5. The van der Waals surface area contributed by atoms with Crippen LogP contribution in [0.4, 0.5) is 0 Å². The molecule has 2 saturated heterocycles.